The van der Waals surface area contributed by atoms with Gasteiger partial charge in [-0.25, -0.2) is 18.6 Å². The molecule has 0 aromatic carbocycles. The maximum atomic E-state index is 12.6. The molecule has 0 spiro atoms. The highest BCUT2D eigenvalue weighted by atomic mass is 32.1. The molecular weight excluding hydrogens is 264 g/mol. The maximum Gasteiger partial charge on any atom is 0.354 e. The van der Waals surface area contributed by atoms with E-state index in [1.54, 1.807) is 0 Å². The number of carboxylic acids is 1. The Bertz CT molecular complexity index is 606. The molecule has 2 heterocycles. The molecule has 2 rings (SSSR count). The number of carbonyl (C=O) groups is 1. The third-order valence-corrected chi connectivity index (χ3v) is 3.43. The summed E-state index contributed by atoms with van der Waals surface area (Å²) in [5.41, 5.74) is -0.121. The number of aryl methyl sites for hydroxylation is 2. The zero-order valence-electron chi connectivity index (χ0n) is 9.52. The standard InChI is InChI=1S/C10H9F2N3O2S/c1-4-6(8(11)12)14-9(18-4)5-3-13-15(2)7(5)10(16)17/h3,8H,1-2H3,(H,16,17). The lowest BCUT2D eigenvalue weighted by Crippen LogP contribution is -2.06. The van der Waals surface area contributed by atoms with Crippen LogP contribution in [0.5, 0.6) is 0 Å². The summed E-state index contributed by atoms with van der Waals surface area (Å²) in [7, 11) is 1.47. The average molecular weight is 273 g/mol. The molecule has 0 fully saturated rings. The van der Waals surface area contributed by atoms with Crippen LogP contribution in [-0.2, 0) is 7.05 Å². The number of hydrogen-bond donors (Lipinski definition) is 1. The van der Waals surface area contributed by atoms with Crippen molar-refractivity contribution in [2.24, 2.45) is 7.05 Å². The first kappa shape index (κ1) is 12.6. The number of aromatic carboxylic acids is 1. The summed E-state index contributed by atoms with van der Waals surface area (Å²) in [6, 6.07) is 0. The zero-order valence-corrected chi connectivity index (χ0v) is 10.3. The first-order chi connectivity index (χ1) is 8.41. The molecular formula is C10H9F2N3O2S. The molecule has 8 heteroatoms. The van der Waals surface area contributed by atoms with Crippen LogP contribution in [0, 0.1) is 6.92 Å². The SMILES string of the molecule is Cc1sc(-c2cnn(C)c2C(=O)O)nc1C(F)F. The molecule has 18 heavy (non-hydrogen) atoms. The van der Waals surface area contributed by atoms with Crippen molar-refractivity contribution in [3.63, 3.8) is 0 Å². The van der Waals surface area contributed by atoms with Gasteiger partial charge in [0.05, 0.1) is 11.8 Å². The van der Waals surface area contributed by atoms with Crippen LogP contribution < -0.4 is 0 Å². The summed E-state index contributed by atoms with van der Waals surface area (Å²) < 4.78 is 26.4. The molecule has 0 unspecified atom stereocenters. The Morgan fingerprint density at radius 1 is 1.56 bits per heavy atom. The quantitative estimate of drug-likeness (QED) is 0.932. The van der Waals surface area contributed by atoms with Gasteiger partial charge in [-0.2, -0.15) is 5.10 Å². The first-order valence-corrected chi connectivity index (χ1v) is 5.74. The zero-order chi connectivity index (χ0) is 13.4. The number of thiazole rings is 1. The van der Waals surface area contributed by atoms with Crippen LogP contribution in [0.2, 0.25) is 0 Å². The minimum absolute atomic E-state index is 0.0652. The Kier molecular flexibility index (Phi) is 3.12. The van der Waals surface area contributed by atoms with Crippen LogP contribution in [0.25, 0.3) is 10.6 Å². The fraction of sp³-hybridized carbons (Fsp3) is 0.300. The Morgan fingerprint density at radius 2 is 2.22 bits per heavy atom. The normalized spacial score (nSPS) is 11.2. The van der Waals surface area contributed by atoms with E-state index in [2.05, 4.69) is 10.1 Å². The molecule has 2 aromatic heterocycles. The third-order valence-electron chi connectivity index (χ3n) is 2.41. The van der Waals surface area contributed by atoms with Crippen molar-refractivity contribution in [2.75, 3.05) is 0 Å². The fourth-order valence-electron chi connectivity index (χ4n) is 1.57. The molecule has 0 radical (unpaired) electrons. The van der Waals surface area contributed by atoms with Crippen LogP contribution in [-0.4, -0.2) is 25.8 Å². The van der Waals surface area contributed by atoms with Gasteiger partial charge in [0.2, 0.25) is 0 Å². The molecule has 0 aliphatic rings. The van der Waals surface area contributed by atoms with Gasteiger partial charge in [-0.05, 0) is 6.92 Å². The summed E-state index contributed by atoms with van der Waals surface area (Å²) in [5.74, 6) is -1.17. The van der Waals surface area contributed by atoms with Crippen LogP contribution in [0.4, 0.5) is 8.78 Å². The lowest BCUT2D eigenvalue weighted by atomic mass is 10.2. The van der Waals surface area contributed by atoms with Crippen molar-refractivity contribution < 1.29 is 18.7 Å². The predicted molar refractivity (Wildman–Crippen MR) is 61.0 cm³/mol. The molecule has 5 nitrogen and oxygen atoms in total. The smallest absolute Gasteiger partial charge is 0.354 e. The van der Waals surface area contributed by atoms with E-state index in [4.69, 9.17) is 5.11 Å². The topological polar surface area (TPSA) is 68.0 Å². The van der Waals surface area contributed by atoms with Gasteiger partial charge in [0.1, 0.15) is 10.7 Å². The van der Waals surface area contributed by atoms with Gasteiger partial charge in [0.15, 0.2) is 5.69 Å². The Hall–Kier alpha value is -1.83. The number of aromatic nitrogens is 3. The first-order valence-electron chi connectivity index (χ1n) is 4.93. The van der Waals surface area contributed by atoms with Gasteiger partial charge in [0, 0.05) is 11.9 Å². The van der Waals surface area contributed by atoms with E-state index in [-0.39, 0.29) is 22.0 Å². The van der Waals surface area contributed by atoms with Crippen molar-refractivity contribution >= 4 is 17.3 Å². The summed E-state index contributed by atoms with van der Waals surface area (Å²) in [6.07, 6.45) is -1.35. The fourth-order valence-corrected chi connectivity index (χ4v) is 2.51. The highest BCUT2D eigenvalue weighted by molar-refractivity contribution is 7.15. The van der Waals surface area contributed by atoms with Gasteiger partial charge in [-0.1, -0.05) is 0 Å². The number of rotatable bonds is 3. The van der Waals surface area contributed by atoms with Crippen molar-refractivity contribution in [1.82, 2.24) is 14.8 Å². The highest BCUT2D eigenvalue weighted by Crippen LogP contribution is 2.33. The van der Waals surface area contributed by atoms with E-state index < -0.39 is 12.4 Å². The number of alkyl halides is 2. The van der Waals surface area contributed by atoms with Gasteiger partial charge in [-0.3, -0.25) is 4.68 Å². The summed E-state index contributed by atoms with van der Waals surface area (Å²) in [4.78, 5) is 15.2. The van der Waals surface area contributed by atoms with Crippen molar-refractivity contribution in [3.8, 4) is 10.6 Å². The number of hydrogen-bond acceptors (Lipinski definition) is 4. The van der Waals surface area contributed by atoms with E-state index in [0.29, 0.717) is 4.88 Å². The van der Waals surface area contributed by atoms with E-state index >= 15 is 0 Å². The van der Waals surface area contributed by atoms with Gasteiger partial charge in [0.25, 0.3) is 6.43 Å². The van der Waals surface area contributed by atoms with Crippen LogP contribution in [0.3, 0.4) is 0 Å². The maximum absolute atomic E-state index is 12.6. The lowest BCUT2D eigenvalue weighted by molar-refractivity contribution is 0.0686. The third kappa shape index (κ3) is 1.99. The Balaban J connectivity index is 2.56. The van der Waals surface area contributed by atoms with E-state index in [1.807, 2.05) is 0 Å². The van der Waals surface area contributed by atoms with Crippen molar-refractivity contribution in [1.29, 1.82) is 0 Å². The second-order valence-corrected chi connectivity index (χ2v) is 4.80. The lowest BCUT2D eigenvalue weighted by Gasteiger charge is -1.97. The second kappa shape index (κ2) is 4.45. The molecule has 0 aliphatic carbocycles. The Morgan fingerprint density at radius 3 is 2.72 bits per heavy atom. The van der Waals surface area contributed by atoms with Crippen molar-refractivity contribution in [2.45, 2.75) is 13.3 Å². The summed E-state index contributed by atoms with van der Waals surface area (Å²) in [5, 5.41) is 13.1. The minimum atomic E-state index is -2.67. The molecule has 1 N–H and O–H groups in total. The van der Waals surface area contributed by atoms with Gasteiger partial charge >= 0.3 is 5.97 Å². The number of halogens is 2. The molecule has 0 bridgehead atoms. The molecule has 0 amide bonds. The molecule has 0 saturated heterocycles. The van der Waals surface area contributed by atoms with Gasteiger partial charge in [-0.15, -0.1) is 11.3 Å². The van der Waals surface area contributed by atoms with Gasteiger partial charge < -0.3 is 5.11 Å². The van der Waals surface area contributed by atoms with E-state index in [9.17, 15) is 13.6 Å². The molecule has 0 saturated carbocycles. The monoisotopic (exact) mass is 273 g/mol. The van der Waals surface area contributed by atoms with Crippen molar-refractivity contribution in [3.05, 3.63) is 22.5 Å². The number of nitrogens with zero attached hydrogens (tertiary/aromatic N) is 3. The van der Waals surface area contributed by atoms with Crippen LogP contribution >= 0.6 is 11.3 Å². The van der Waals surface area contributed by atoms with Crippen LogP contribution in [0.15, 0.2) is 6.20 Å². The van der Waals surface area contributed by atoms with Crippen LogP contribution in [0.1, 0.15) is 27.5 Å². The largest absolute Gasteiger partial charge is 0.477 e. The second-order valence-electron chi connectivity index (χ2n) is 3.60. The highest BCUT2D eigenvalue weighted by Gasteiger charge is 2.23. The summed E-state index contributed by atoms with van der Waals surface area (Å²) in [6.45, 7) is 1.53. The molecule has 2 aromatic rings. The average Bonchev–Trinajstić information content (AvgIpc) is 2.81. The minimum Gasteiger partial charge on any atom is -0.477 e. The Labute approximate surface area is 105 Å². The molecule has 96 valence electrons. The summed E-state index contributed by atoms with van der Waals surface area (Å²) >= 11 is 1.03. The van der Waals surface area contributed by atoms with E-state index in [1.165, 1.54) is 24.9 Å². The number of carboxylic acid groups (broad SMARTS) is 1. The molecule has 0 aliphatic heterocycles. The predicted octanol–water partition coefficient (Wildman–Crippen LogP) is 2.49. The molecule has 0 atom stereocenters. The van der Waals surface area contributed by atoms with E-state index in [0.717, 1.165) is 11.3 Å².